The van der Waals surface area contributed by atoms with Crippen molar-refractivity contribution < 1.29 is 19.1 Å². The van der Waals surface area contributed by atoms with Gasteiger partial charge in [-0.15, -0.1) is 0 Å². The van der Waals surface area contributed by atoms with Gasteiger partial charge in [-0.1, -0.05) is 48.0 Å². The van der Waals surface area contributed by atoms with E-state index in [2.05, 4.69) is 10.6 Å². The molecule has 0 spiro atoms. The molecule has 31 heavy (non-hydrogen) atoms. The Bertz CT molecular complexity index is 1110. The molecule has 0 atom stereocenters. The van der Waals surface area contributed by atoms with Crippen LogP contribution in [0.1, 0.15) is 28.4 Å². The first-order chi connectivity index (χ1) is 14.9. The number of anilines is 1. The highest BCUT2D eigenvalue weighted by atomic mass is 35.5. The molecular weight excluding hydrogens is 416 g/mol. The lowest BCUT2D eigenvalue weighted by Gasteiger charge is -2.12. The van der Waals surface area contributed by atoms with Crippen LogP contribution in [0.4, 0.5) is 5.69 Å². The zero-order valence-corrected chi connectivity index (χ0v) is 17.6. The Balaban J connectivity index is 1.63. The number of amides is 2. The van der Waals surface area contributed by atoms with Crippen LogP contribution in [-0.4, -0.2) is 17.8 Å². The van der Waals surface area contributed by atoms with Crippen LogP contribution in [0.5, 0.6) is 5.75 Å². The maximum absolute atomic E-state index is 12.5. The highest BCUT2D eigenvalue weighted by Crippen LogP contribution is 2.18. The minimum absolute atomic E-state index is 0.185. The van der Waals surface area contributed by atoms with Gasteiger partial charge in [-0.2, -0.15) is 0 Å². The van der Waals surface area contributed by atoms with E-state index in [9.17, 15) is 14.4 Å². The van der Waals surface area contributed by atoms with Crippen molar-refractivity contribution in [1.29, 1.82) is 0 Å². The van der Waals surface area contributed by atoms with Gasteiger partial charge in [0.05, 0.1) is 6.42 Å². The highest BCUT2D eigenvalue weighted by Gasteiger charge is 2.11. The summed E-state index contributed by atoms with van der Waals surface area (Å²) in [6.07, 6.45) is 0.185. The molecule has 0 aliphatic heterocycles. The Morgan fingerprint density at radius 1 is 0.935 bits per heavy atom. The van der Waals surface area contributed by atoms with Crippen molar-refractivity contribution in [1.82, 2.24) is 5.32 Å². The monoisotopic (exact) mass is 436 g/mol. The van der Waals surface area contributed by atoms with Crippen molar-refractivity contribution in [3.05, 3.63) is 94.5 Å². The zero-order valence-electron chi connectivity index (χ0n) is 16.9. The molecule has 0 aliphatic rings. The number of carbonyl (C=O) groups is 3. The van der Waals surface area contributed by atoms with E-state index in [-0.39, 0.29) is 24.8 Å². The molecule has 3 aromatic rings. The van der Waals surface area contributed by atoms with Crippen LogP contribution in [0.2, 0.25) is 5.02 Å². The number of benzene rings is 3. The summed E-state index contributed by atoms with van der Waals surface area (Å²) in [4.78, 5) is 36.1. The van der Waals surface area contributed by atoms with Gasteiger partial charge < -0.3 is 15.4 Å². The van der Waals surface area contributed by atoms with E-state index >= 15 is 0 Å². The van der Waals surface area contributed by atoms with Crippen LogP contribution in [0.3, 0.4) is 0 Å². The van der Waals surface area contributed by atoms with Gasteiger partial charge >= 0.3 is 5.97 Å². The smallest absolute Gasteiger partial charge is 0.308 e. The number of para-hydroxylation sites is 1. The topological polar surface area (TPSA) is 84.5 Å². The molecule has 0 heterocycles. The molecule has 3 aromatic carbocycles. The fourth-order valence-electron chi connectivity index (χ4n) is 2.97. The van der Waals surface area contributed by atoms with E-state index in [1.807, 2.05) is 24.3 Å². The Hall–Kier alpha value is -3.64. The number of hydrogen-bond acceptors (Lipinski definition) is 4. The van der Waals surface area contributed by atoms with Gasteiger partial charge in [0, 0.05) is 29.7 Å². The van der Waals surface area contributed by atoms with Gasteiger partial charge in [-0.3, -0.25) is 14.4 Å². The first-order valence-electron chi connectivity index (χ1n) is 9.59. The maximum Gasteiger partial charge on any atom is 0.308 e. The number of hydrogen-bond donors (Lipinski definition) is 2. The second-order valence-corrected chi connectivity index (χ2v) is 7.25. The molecule has 0 aromatic heterocycles. The Morgan fingerprint density at radius 3 is 2.48 bits per heavy atom. The lowest BCUT2D eigenvalue weighted by molar-refractivity contribution is -0.131. The first kappa shape index (κ1) is 22.1. The third-order valence-corrected chi connectivity index (χ3v) is 4.58. The normalized spacial score (nSPS) is 10.3. The van der Waals surface area contributed by atoms with Gasteiger partial charge in [-0.25, -0.2) is 0 Å². The molecular formula is C24H21ClN2O4. The van der Waals surface area contributed by atoms with Crippen LogP contribution in [0.15, 0.2) is 72.8 Å². The van der Waals surface area contributed by atoms with Crippen LogP contribution in [0.25, 0.3) is 0 Å². The molecule has 0 aliphatic carbocycles. The van der Waals surface area contributed by atoms with Crippen LogP contribution in [-0.2, 0) is 22.6 Å². The second-order valence-electron chi connectivity index (χ2n) is 6.82. The van der Waals surface area contributed by atoms with Crippen molar-refractivity contribution in [3.63, 3.8) is 0 Å². The van der Waals surface area contributed by atoms with Crippen LogP contribution < -0.4 is 15.4 Å². The van der Waals surface area contributed by atoms with Crippen LogP contribution in [0, 0.1) is 0 Å². The SMILES string of the molecule is CC(=O)Oc1cccc(C(=O)NCc2ccccc2NC(=O)Cc2cccc(Cl)c2)c1. The molecule has 2 amide bonds. The average Bonchev–Trinajstić information content (AvgIpc) is 2.72. The summed E-state index contributed by atoms with van der Waals surface area (Å²) in [5.41, 5.74) is 2.54. The molecule has 7 heteroatoms. The van der Waals surface area contributed by atoms with E-state index < -0.39 is 5.97 Å². The minimum atomic E-state index is -0.458. The van der Waals surface area contributed by atoms with Gasteiger partial charge in [-0.05, 0) is 47.5 Å². The van der Waals surface area contributed by atoms with Crippen molar-refractivity contribution in [2.24, 2.45) is 0 Å². The predicted molar refractivity (Wildman–Crippen MR) is 119 cm³/mol. The van der Waals surface area contributed by atoms with Gasteiger partial charge in [0.15, 0.2) is 0 Å². The summed E-state index contributed by atoms with van der Waals surface area (Å²) in [5.74, 6) is -0.669. The van der Waals surface area contributed by atoms with Gasteiger partial charge in [0.2, 0.25) is 5.91 Å². The third kappa shape index (κ3) is 6.69. The first-order valence-corrected chi connectivity index (χ1v) is 9.97. The van der Waals surface area contributed by atoms with Gasteiger partial charge in [0.1, 0.15) is 5.75 Å². The quantitative estimate of drug-likeness (QED) is 0.425. The molecule has 0 unspecified atom stereocenters. The lowest BCUT2D eigenvalue weighted by atomic mass is 10.1. The molecule has 2 N–H and O–H groups in total. The Morgan fingerprint density at radius 2 is 1.71 bits per heavy atom. The van der Waals surface area contributed by atoms with Crippen molar-refractivity contribution in [2.45, 2.75) is 19.9 Å². The fourth-order valence-corrected chi connectivity index (χ4v) is 3.18. The molecule has 0 saturated heterocycles. The van der Waals surface area contributed by atoms with Crippen molar-refractivity contribution >= 4 is 35.1 Å². The van der Waals surface area contributed by atoms with Gasteiger partial charge in [0.25, 0.3) is 5.91 Å². The highest BCUT2D eigenvalue weighted by molar-refractivity contribution is 6.30. The fraction of sp³-hybridized carbons (Fsp3) is 0.125. The average molecular weight is 437 g/mol. The number of esters is 1. The largest absolute Gasteiger partial charge is 0.427 e. The molecule has 0 saturated carbocycles. The van der Waals surface area contributed by atoms with E-state index in [0.29, 0.717) is 22.0 Å². The summed E-state index contributed by atoms with van der Waals surface area (Å²) in [5, 5.41) is 6.28. The number of ether oxygens (including phenoxy) is 1. The summed E-state index contributed by atoms with van der Waals surface area (Å²) in [7, 11) is 0. The summed E-state index contributed by atoms with van der Waals surface area (Å²) < 4.78 is 5.01. The van der Waals surface area contributed by atoms with E-state index in [1.165, 1.54) is 13.0 Å². The summed E-state index contributed by atoms with van der Waals surface area (Å²) in [6.45, 7) is 1.51. The lowest BCUT2D eigenvalue weighted by Crippen LogP contribution is -2.24. The Labute approximate surface area is 185 Å². The maximum atomic E-state index is 12.5. The second kappa shape index (κ2) is 10.4. The molecule has 6 nitrogen and oxygen atoms in total. The Kier molecular flexibility index (Phi) is 7.40. The number of nitrogens with one attached hydrogen (secondary N) is 2. The molecule has 158 valence electrons. The van der Waals surface area contributed by atoms with E-state index in [1.54, 1.807) is 42.5 Å². The van der Waals surface area contributed by atoms with Crippen molar-refractivity contribution in [3.8, 4) is 5.75 Å². The van der Waals surface area contributed by atoms with Crippen LogP contribution >= 0.6 is 11.6 Å². The zero-order chi connectivity index (χ0) is 22.2. The number of carbonyl (C=O) groups excluding carboxylic acids is 3. The minimum Gasteiger partial charge on any atom is -0.427 e. The summed E-state index contributed by atoms with van der Waals surface area (Å²) >= 11 is 5.97. The van der Waals surface area contributed by atoms with E-state index in [0.717, 1.165) is 11.1 Å². The van der Waals surface area contributed by atoms with Crippen molar-refractivity contribution in [2.75, 3.05) is 5.32 Å². The molecule has 0 bridgehead atoms. The molecule has 0 radical (unpaired) electrons. The summed E-state index contributed by atoms with van der Waals surface area (Å²) in [6, 6.07) is 20.7. The predicted octanol–water partition coefficient (Wildman–Crippen LogP) is 4.38. The molecule has 0 fully saturated rings. The standard InChI is InChI=1S/C24H21ClN2O4/c1-16(28)31-21-10-5-8-18(14-21)24(30)26-15-19-7-2-3-11-22(19)27-23(29)13-17-6-4-9-20(25)12-17/h2-12,14H,13,15H2,1H3,(H,26,30)(H,27,29). The third-order valence-electron chi connectivity index (χ3n) is 4.34. The number of halogens is 1. The van der Waals surface area contributed by atoms with E-state index in [4.69, 9.17) is 16.3 Å². The number of rotatable bonds is 7. The molecule has 3 rings (SSSR count).